The lowest BCUT2D eigenvalue weighted by atomic mass is 10.3. The fourth-order valence-corrected chi connectivity index (χ4v) is 0.701. The van der Waals surface area contributed by atoms with Crippen LogP contribution in [0.25, 0.3) is 0 Å². The van der Waals surface area contributed by atoms with Crippen LogP contribution in [0, 0.1) is 18.2 Å². The lowest BCUT2D eigenvalue weighted by Crippen LogP contribution is -1.96. The Hall–Kier alpha value is -1.56. The highest BCUT2D eigenvalue weighted by molar-refractivity contribution is 5.41. The highest BCUT2D eigenvalue weighted by atomic mass is 19.1. The van der Waals surface area contributed by atoms with Crippen LogP contribution in [0.4, 0.5) is 10.2 Å². The molecule has 0 unspecified atom stereocenters. The molecule has 1 heterocycles. The number of rotatable bonds is 1. The minimum Gasteiger partial charge on any atom is -0.371 e. The Morgan fingerprint density at radius 1 is 1.73 bits per heavy atom. The lowest BCUT2D eigenvalue weighted by Gasteiger charge is -1.99. The van der Waals surface area contributed by atoms with Crippen molar-refractivity contribution in [3.8, 4) is 12.3 Å². The second kappa shape index (κ2) is 3.02. The molecule has 1 aromatic rings. The molecule has 0 spiro atoms. The van der Waals surface area contributed by atoms with E-state index in [4.69, 9.17) is 6.42 Å². The topological polar surface area (TPSA) is 24.9 Å². The van der Waals surface area contributed by atoms with E-state index in [-0.39, 0.29) is 5.82 Å². The van der Waals surface area contributed by atoms with Gasteiger partial charge in [-0.1, -0.05) is 5.92 Å². The van der Waals surface area contributed by atoms with Crippen molar-refractivity contribution in [2.75, 3.05) is 12.4 Å². The van der Waals surface area contributed by atoms with E-state index in [1.54, 1.807) is 7.05 Å². The maximum Gasteiger partial charge on any atom is 0.166 e. The molecule has 2 nitrogen and oxygen atoms in total. The average molecular weight is 150 g/mol. The number of pyridine rings is 1. The van der Waals surface area contributed by atoms with Gasteiger partial charge in [-0.2, -0.15) is 0 Å². The second-order valence-electron chi connectivity index (χ2n) is 1.95. The highest BCUT2D eigenvalue weighted by Crippen LogP contribution is 2.09. The molecular weight excluding hydrogens is 143 g/mol. The van der Waals surface area contributed by atoms with Gasteiger partial charge in [-0.05, 0) is 6.07 Å². The van der Waals surface area contributed by atoms with Crippen LogP contribution in [-0.4, -0.2) is 12.0 Å². The van der Waals surface area contributed by atoms with Gasteiger partial charge in [-0.25, -0.2) is 9.37 Å². The Bertz CT molecular complexity index is 301. The molecule has 0 aliphatic heterocycles. The Kier molecular flexibility index (Phi) is 2.07. The van der Waals surface area contributed by atoms with E-state index in [0.717, 1.165) is 0 Å². The Balaban J connectivity index is 3.12. The third-order valence-corrected chi connectivity index (χ3v) is 1.24. The molecular formula is C8H7FN2. The molecule has 0 aliphatic rings. The minimum atomic E-state index is -0.428. The number of terminal acetylenes is 1. The molecule has 11 heavy (non-hydrogen) atoms. The van der Waals surface area contributed by atoms with Crippen LogP contribution >= 0.6 is 0 Å². The van der Waals surface area contributed by atoms with Crippen LogP contribution in [0.2, 0.25) is 0 Å². The number of anilines is 1. The summed E-state index contributed by atoms with van der Waals surface area (Å²) >= 11 is 0. The maximum absolute atomic E-state index is 12.8. The molecule has 56 valence electrons. The number of nitrogens with zero attached hydrogens (tertiary/aromatic N) is 1. The van der Waals surface area contributed by atoms with Crippen molar-refractivity contribution in [1.82, 2.24) is 4.98 Å². The van der Waals surface area contributed by atoms with Gasteiger partial charge in [0, 0.05) is 18.8 Å². The summed E-state index contributed by atoms with van der Waals surface area (Å²) in [5.41, 5.74) is 0.446. The van der Waals surface area contributed by atoms with Gasteiger partial charge in [-0.15, -0.1) is 6.42 Å². The lowest BCUT2D eigenvalue weighted by molar-refractivity contribution is 0.625. The van der Waals surface area contributed by atoms with Gasteiger partial charge in [-0.3, -0.25) is 0 Å². The molecule has 0 aliphatic carbocycles. The van der Waals surface area contributed by atoms with Crippen LogP contribution in [0.1, 0.15) is 5.56 Å². The van der Waals surface area contributed by atoms with Crippen molar-refractivity contribution in [2.45, 2.75) is 0 Å². The zero-order valence-electron chi connectivity index (χ0n) is 6.06. The van der Waals surface area contributed by atoms with Crippen LogP contribution < -0.4 is 5.32 Å². The zero-order valence-corrected chi connectivity index (χ0v) is 6.06. The van der Waals surface area contributed by atoms with E-state index in [1.165, 1.54) is 12.3 Å². The van der Waals surface area contributed by atoms with Gasteiger partial charge >= 0.3 is 0 Å². The SMILES string of the molecule is C#Cc1cnc(NC)c(F)c1. The maximum atomic E-state index is 12.8. The van der Waals surface area contributed by atoms with E-state index in [2.05, 4.69) is 16.2 Å². The van der Waals surface area contributed by atoms with Gasteiger partial charge in [0.1, 0.15) is 0 Å². The summed E-state index contributed by atoms with van der Waals surface area (Å²) in [6, 6.07) is 1.26. The predicted octanol–water partition coefficient (Wildman–Crippen LogP) is 1.24. The van der Waals surface area contributed by atoms with E-state index in [1.807, 2.05) is 0 Å². The van der Waals surface area contributed by atoms with Crippen LogP contribution in [0.5, 0.6) is 0 Å². The first-order valence-corrected chi connectivity index (χ1v) is 3.08. The predicted molar refractivity (Wildman–Crippen MR) is 41.7 cm³/mol. The molecule has 1 aromatic heterocycles. The standard InChI is InChI=1S/C8H7FN2/c1-3-6-4-7(9)8(10-2)11-5-6/h1,4-5H,2H3,(H,10,11). The van der Waals surface area contributed by atoms with E-state index < -0.39 is 5.82 Å². The largest absolute Gasteiger partial charge is 0.371 e. The number of nitrogens with one attached hydrogen (secondary N) is 1. The normalized spacial score (nSPS) is 8.82. The summed E-state index contributed by atoms with van der Waals surface area (Å²) in [5.74, 6) is 2.07. The fourth-order valence-electron chi connectivity index (χ4n) is 0.701. The van der Waals surface area contributed by atoms with Gasteiger partial charge < -0.3 is 5.32 Å². The number of hydrogen-bond donors (Lipinski definition) is 1. The third-order valence-electron chi connectivity index (χ3n) is 1.24. The first-order chi connectivity index (χ1) is 5.27. The monoisotopic (exact) mass is 150 g/mol. The highest BCUT2D eigenvalue weighted by Gasteiger charge is 2.00. The van der Waals surface area contributed by atoms with Crippen molar-refractivity contribution in [1.29, 1.82) is 0 Å². The molecule has 1 N–H and O–H groups in total. The summed E-state index contributed by atoms with van der Waals surface area (Å²) < 4.78 is 12.8. The molecule has 0 saturated heterocycles. The molecule has 0 aromatic carbocycles. The van der Waals surface area contributed by atoms with E-state index in [0.29, 0.717) is 5.56 Å². The summed E-state index contributed by atoms with van der Waals surface area (Å²) in [6.45, 7) is 0. The minimum absolute atomic E-state index is 0.212. The van der Waals surface area contributed by atoms with Crippen molar-refractivity contribution >= 4 is 5.82 Å². The van der Waals surface area contributed by atoms with Gasteiger partial charge in [0.25, 0.3) is 0 Å². The molecule has 0 atom stereocenters. The van der Waals surface area contributed by atoms with Crippen LogP contribution in [-0.2, 0) is 0 Å². The summed E-state index contributed by atoms with van der Waals surface area (Å²) in [4.78, 5) is 3.74. The molecule has 3 heteroatoms. The van der Waals surface area contributed by atoms with E-state index >= 15 is 0 Å². The Labute approximate surface area is 64.5 Å². The van der Waals surface area contributed by atoms with E-state index in [9.17, 15) is 4.39 Å². The van der Waals surface area contributed by atoms with Crippen LogP contribution in [0.15, 0.2) is 12.3 Å². The summed E-state index contributed by atoms with van der Waals surface area (Å²) in [6.07, 6.45) is 6.47. The first kappa shape index (κ1) is 7.55. The summed E-state index contributed by atoms with van der Waals surface area (Å²) in [7, 11) is 1.60. The number of aromatic nitrogens is 1. The fraction of sp³-hybridized carbons (Fsp3) is 0.125. The van der Waals surface area contributed by atoms with Crippen molar-refractivity contribution < 1.29 is 4.39 Å². The second-order valence-corrected chi connectivity index (χ2v) is 1.95. The first-order valence-electron chi connectivity index (χ1n) is 3.08. The van der Waals surface area contributed by atoms with Gasteiger partial charge in [0.2, 0.25) is 0 Å². The average Bonchev–Trinajstić information content (AvgIpc) is 2.04. The van der Waals surface area contributed by atoms with Crippen LogP contribution in [0.3, 0.4) is 0 Å². The van der Waals surface area contributed by atoms with Gasteiger partial charge in [0.15, 0.2) is 11.6 Å². The molecule has 0 radical (unpaired) electrons. The third kappa shape index (κ3) is 1.47. The van der Waals surface area contributed by atoms with Crippen molar-refractivity contribution in [3.63, 3.8) is 0 Å². The van der Waals surface area contributed by atoms with Crippen molar-refractivity contribution in [2.24, 2.45) is 0 Å². The smallest absolute Gasteiger partial charge is 0.166 e. The Morgan fingerprint density at radius 3 is 2.91 bits per heavy atom. The quantitative estimate of drug-likeness (QED) is 0.609. The molecule has 0 amide bonds. The number of halogens is 1. The number of hydrogen-bond acceptors (Lipinski definition) is 2. The molecule has 0 fully saturated rings. The Morgan fingerprint density at radius 2 is 2.45 bits per heavy atom. The molecule has 1 rings (SSSR count). The van der Waals surface area contributed by atoms with Crippen molar-refractivity contribution in [3.05, 3.63) is 23.6 Å². The zero-order chi connectivity index (χ0) is 8.27. The van der Waals surface area contributed by atoms with Gasteiger partial charge in [0.05, 0.1) is 0 Å². The molecule has 0 saturated carbocycles. The molecule has 0 bridgehead atoms. The summed E-state index contributed by atoms with van der Waals surface area (Å²) in [5, 5.41) is 2.59.